The number of hydrogen-bond acceptors (Lipinski definition) is 3. The lowest BCUT2D eigenvalue weighted by molar-refractivity contribution is 0.675. The molecule has 0 saturated heterocycles. The van der Waals surface area contributed by atoms with E-state index < -0.39 is 0 Å². The standard InChI is InChI=1S/C14H19N3S/c1-2-4-13(3-1)16-14-15-7-9-17(14)8-5-12-6-10-18-11-12/h6-7,9-11,13H,1-5,8H2,(H,15,16). The van der Waals surface area contributed by atoms with Crippen molar-refractivity contribution in [1.82, 2.24) is 9.55 Å². The third kappa shape index (κ3) is 2.75. The number of nitrogens with zero attached hydrogens (tertiary/aromatic N) is 2. The molecule has 0 radical (unpaired) electrons. The van der Waals surface area contributed by atoms with E-state index in [9.17, 15) is 0 Å². The lowest BCUT2D eigenvalue weighted by Crippen LogP contribution is -2.18. The van der Waals surface area contributed by atoms with Crippen LogP contribution in [0.4, 0.5) is 5.95 Å². The number of aromatic nitrogens is 2. The van der Waals surface area contributed by atoms with Gasteiger partial charge in [-0.15, -0.1) is 0 Å². The van der Waals surface area contributed by atoms with Crippen molar-refractivity contribution < 1.29 is 0 Å². The van der Waals surface area contributed by atoms with Gasteiger partial charge in [0.25, 0.3) is 0 Å². The van der Waals surface area contributed by atoms with Gasteiger partial charge in [-0.2, -0.15) is 11.3 Å². The molecule has 1 saturated carbocycles. The van der Waals surface area contributed by atoms with Crippen molar-refractivity contribution in [2.45, 2.75) is 44.7 Å². The van der Waals surface area contributed by atoms with Crippen LogP contribution in [0.1, 0.15) is 31.2 Å². The highest BCUT2D eigenvalue weighted by Crippen LogP contribution is 2.21. The van der Waals surface area contributed by atoms with Gasteiger partial charge in [0.15, 0.2) is 0 Å². The smallest absolute Gasteiger partial charge is 0.202 e. The van der Waals surface area contributed by atoms with E-state index in [0.29, 0.717) is 6.04 Å². The zero-order valence-electron chi connectivity index (χ0n) is 10.5. The topological polar surface area (TPSA) is 29.9 Å². The number of rotatable bonds is 5. The molecule has 0 atom stereocenters. The molecular weight excluding hydrogens is 242 g/mol. The van der Waals surface area contributed by atoms with Crippen LogP contribution in [0, 0.1) is 0 Å². The number of aryl methyl sites for hydroxylation is 2. The summed E-state index contributed by atoms with van der Waals surface area (Å²) in [5.74, 6) is 1.04. The largest absolute Gasteiger partial charge is 0.353 e. The van der Waals surface area contributed by atoms with E-state index >= 15 is 0 Å². The van der Waals surface area contributed by atoms with Gasteiger partial charge in [0.1, 0.15) is 0 Å². The number of anilines is 1. The average molecular weight is 261 g/mol. The highest BCUT2D eigenvalue weighted by molar-refractivity contribution is 7.07. The predicted octanol–water partition coefficient (Wildman–Crippen LogP) is 3.54. The fourth-order valence-corrected chi connectivity index (χ4v) is 3.27. The number of imidazole rings is 1. The average Bonchev–Trinajstić information content (AvgIpc) is 3.10. The van der Waals surface area contributed by atoms with Gasteiger partial charge in [-0.05, 0) is 41.7 Å². The monoisotopic (exact) mass is 261 g/mol. The number of hydrogen-bond donors (Lipinski definition) is 1. The highest BCUT2D eigenvalue weighted by atomic mass is 32.1. The van der Waals surface area contributed by atoms with Crippen LogP contribution in [0.2, 0.25) is 0 Å². The summed E-state index contributed by atoms with van der Waals surface area (Å²) >= 11 is 1.77. The van der Waals surface area contributed by atoms with Gasteiger partial charge in [0.2, 0.25) is 5.95 Å². The van der Waals surface area contributed by atoms with Gasteiger partial charge in [0.05, 0.1) is 0 Å². The Balaban J connectivity index is 1.60. The van der Waals surface area contributed by atoms with Crippen molar-refractivity contribution in [3.8, 4) is 0 Å². The molecule has 0 amide bonds. The predicted molar refractivity (Wildman–Crippen MR) is 76.1 cm³/mol. The summed E-state index contributed by atoms with van der Waals surface area (Å²) < 4.78 is 2.23. The maximum atomic E-state index is 4.43. The molecule has 0 aromatic carbocycles. The van der Waals surface area contributed by atoms with Crippen LogP contribution in [0.3, 0.4) is 0 Å². The van der Waals surface area contributed by atoms with Crippen LogP contribution >= 0.6 is 11.3 Å². The maximum absolute atomic E-state index is 4.43. The summed E-state index contributed by atoms with van der Waals surface area (Å²) in [7, 11) is 0. The minimum absolute atomic E-state index is 0.632. The van der Waals surface area contributed by atoms with Crippen LogP contribution in [0.5, 0.6) is 0 Å². The first-order chi connectivity index (χ1) is 8.92. The van der Waals surface area contributed by atoms with Gasteiger partial charge in [0, 0.05) is 25.0 Å². The molecule has 3 nitrogen and oxygen atoms in total. The van der Waals surface area contributed by atoms with E-state index in [1.807, 2.05) is 6.20 Å². The normalized spacial score (nSPS) is 16.2. The summed E-state index contributed by atoms with van der Waals surface area (Å²) in [4.78, 5) is 4.43. The first kappa shape index (κ1) is 11.8. The lowest BCUT2D eigenvalue weighted by Gasteiger charge is -2.14. The molecule has 1 aliphatic carbocycles. The van der Waals surface area contributed by atoms with Gasteiger partial charge in [-0.25, -0.2) is 4.98 Å². The molecule has 1 fully saturated rings. The van der Waals surface area contributed by atoms with Crippen LogP contribution in [-0.2, 0) is 13.0 Å². The van der Waals surface area contributed by atoms with E-state index in [1.54, 1.807) is 11.3 Å². The summed E-state index contributed by atoms with van der Waals surface area (Å²) in [6, 6.07) is 2.83. The number of nitrogens with one attached hydrogen (secondary N) is 1. The minimum Gasteiger partial charge on any atom is -0.353 e. The quantitative estimate of drug-likeness (QED) is 0.892. The van der Waals surface area contributed by atoms with Crippen molar-refractivity contribution in [1.29, 1.82) is 0 Å². The molecule has 2 heterocycles. The Hall–Kier alpha value is -1.29. The molecule has 0 aliphatic heterocycles. The van der Waals surface area contributed by atoms with Crippen molar-refractivity contribution in [3.05, 3.63) is 34.8 Å². The van der Waals surface area contributed by atoms with Crippen molar-refractivity contribution in [2.24, 2.45) is 0 Å². The molecule has 2 aromatic heterocycles. The van der Waals surface area contributed by atoms with Crippen LogP contribution in [-0.4, -0.2) is 15.6 Å². The Bertz CT molecular complexity index is 469. The first-order valence-electron chi connectivity index (χ1n) is 6.70. The molecule has 4 heteroatoms. The molecule has 1 aliphatic rings. The molecular formula is C14H19N3S. The van der Waals surface area contributed by atoms with E-state index in [-0.39, 0.29) is 0 Å². The second kappa shape index (κ2) is 5.57. The van der Waals surface area contributed by atoms with Gasteiger partial charge < -0.3 is 9.88 Å². The molecule has 1 N–H and O–H groups in total. The molecule has 0 bridgehead atoms. The molecule has 18 heavy (non-hydrogen) atoms. The second-order valence-corrected chi connectivity index (χ2v) is 5.73. The third-order valence-electron chi connectivity index (χ3n) is 3.63. The Labute approximate surface area is 112 Å². The summed E-state index contributed by atoms with van der Waals surface area (Å²) in [5, 5.41) is 7.94. The number of thiophene rings is 1. The van der Waals surface area contributed by atoms with E-state index in [2.05, 4.69) is 37.9 Å². The molecule has 96 valence electrons. The summed E-state index contributed by atoms with van der Waals surface area (Å²) in [6.07, 6.45) is 10.3. The SMILES string of the molecule is c1cn(CCc2ccsc2)c(NC2CCCC2)n1. The maximum Gasteiger partial charge on any atom is 0.202 e. The van der Waals surface area contributed by atoms with Gasteiger partial charge >= 0.3 is 0 Å². The van der Waals surface area contributed by atoms with Crippen LogP contribution < -0.4 is 5.32 Å². The highest BCUT2D eigenvalue weighted by Gasteiger charge is 2.16. The van der Waals surface area contributed by atoms with Crippen LogP contribution in [0.25, 0.3) is 0 Å². The zero-order chi connectivity index (χ0) is 12.2. The minimum atomic E-state index is 0.632. The van der Waals surface area contributed by atoms with Gasteiger partial charge in [-0.1, -0.05) is 12.8 Å². The van der Waals surface area contributed by atoms with E-state index in [4.69, 9.17) is 0 Å². The molecule has 3 rings (SSSR count). The lowest BCUT2D eigenvalue weighted by atomic mass is 10.2. The Morgan fingerprint density at radius 3 is 3.06 bits per heavy atom. The van der Waals surface area contributed by atoms with E-state index in [1.165, 1.54) is 31.2 Å². The van der Waals surface area contributed by atoms with E-state index in [0.717, 1.165) is 18.9 Å². The van der Waals surface area contributed by atoms with Crippen molar-refractivity contribution in [3.63, 3.8) is 0 Å². The third-order valence-corrected chi connectivity index (χ3v) is 4.36. The summed E-state index contributed by atoms with van der Waals surface area (Å²) in [5.41, 5.74) is 1.42. The summed E-state index contributed by atoms with van der Waals surface area (Å²) in [6.45, 7) is 1.01. The fourth-order valence-electron chi connectivity index (χ4n) is 2.57. The second-order valence-electron chi connectivity index (χ2n) is 4.95. The van der Waals surface area contributed by atoms with Crippen molar-refractivity contribution in [2.75, 3.05) is 5.32 Å². The molecule has 0 spiro atoms. The molecule has 0 unspecified atom stereocenters. The molecule has 2 aromatic rings. The Morgan fingerprint density at radius 2 is 2.28 bits per heavy atom. The van der Waals surface area contributed by atoms with Crippen LogP contribution in [0.15, 0.2) is 29.2 Å². The van der Waals surface area contributed by atoms with Gasteiger partial charge in [-0.3, -0.25) is 0 Å². The zero-order valence-corrected chi connectivity index (χ0v) is 11.3. The van der Waals surface area contributed by atoms with Crippen molar-refractivity contribution >= 4 is 17.3 Å². The fraction of sp³-hybridized carbons (Fsp3) is 0.500. The Kier molecular flexibility index (Phi) is 3.64. The Morgan fingerprint density at radius 1 is 1.39 bits per heavy atom. The first-order valence-corrected chi connectivity index (χ1v) is 7.65.